The number of amides is 4. The highest BCUT2D eigenvalue weighted by molar-refractivity contribution is 6.04. The maximum Gasteiger partial charge on any atom is 0.327 e. The second kappa shape index (κ2) is 10.6. The van der Waals surface area contributed by atoms with E-state index in [4.69, 9.17) is 4.74 Å². The van der Waals surface area contributed by atoms with Gasteiger partial charge >= 0.3 is 6.03 Å². The number of carbonyl (C=O) groups is 3. The Balaban J connectivity index is 1.33. The number of hydrogen-bond donors (Lipinski definition) is 1. The molecule has 164 valence electrons. The lowest BCUT2D eigenvalue weighted by Gasteiger charge is -2.28. The minimum Gasteiger partial charge on any atom is -0.379 e. The lowest BCUT2D eigenvalue weighted by molar-refractivity contribution is -0.128. The molecule has 1 fully saturated rings. The monoisotopic (exact) mass is 415 g/mol. The van der Waals surface area contributed by atoms with Crippen LogP contribution in [0.3, 0.4) is 0 Å². The summed E-state index contributed by atoms with van der Waals surface area (Å²) in [6.07, 6.45) is 4.38. The van der Waals surface area contributed by atoms with Gasteiger partial charge in [0.2, 0.25) is 5.91 Å². The maximum absolute atomic E-state index is 12.7. The molecular weight excluding hydrogens is 382 g/mol. The molecular formula is C23H33N3O4. The summed E-state index contributed by atoms with van der Waals surface area (Å²) in [5.41, 5.74) is 2.28. The van der Waals surface area contributed by atoms with Crippen molar-refractivity contribution in [3.8, 4) is 0 Å². The molecule has 1 aromatic carbocycles. The number of hydrogen-bond acceptors (Lipinski definition) is 4. The van der Waals surface area contributed by atoms with E-state index in [-0.39, 0.29) is 30.0 Å². The quantitative estimate of drug-likeness (QED) is 0.445. The minimum absolute atomic E-state index is 0.0442. The topological polar surface area (TPSA) is 79.0 Å². The first-order chi connectivity index (χ1) is 14.5. The first kappa shape index (κ1) is 22.3. The average molecular weight is 416 g/mol. The van der Waals surface area contributed by atoms with Crippen molar-refractivity contribution in [2.45, 2.75) is 71.1 Å². The van der Waals surface area contributed by atoms with Crippen molar-refractivity contribution < 1.29 is 19.1 Å². The van der Waals surface area contributed by atoms with Gasteiger partial charge in [-0.3, -0.25) is 14.5 Å². The average Bonchev–Trinajstić information content (AvgIpc) is 2.95. The fraction of sp³-hybridized carbons (Fsp3) is 0.609. The van der Waals surface area contributed by atoms with E-state index < -0.39 is 0 Å². The Morgan fingerprint density at radius 2 is 1.90 bits per heavy atom. The lowest BCUT2D eigenvalue weighted by atomic mass is 9.95. The summed E-state index contributed by atoms with van der Waals surface area (Å²) >= 11 is 0. The van der Waals surface area contributed by atoms with E-state index in [0.717, 1.165) is 36.8 Å². The van der Waals surface area contributed by atoms with Crippen molar-refractivity contribution in [3.05, 3.63) is 35.4 Å². The molecule has 0 radical (unpaired) electrons. The number of nitrogens with one attached hydrogen (secondary N) is 1. The third-order valence-electron chi connectivity index (χ3n) is 5.66. The summed E-state index contributed by atoms with van der Waals surface area (Å²) in [5.74, 6) is -0.0429. The van der Waals surface area contributed by atoms with Crippen molar-refractivity contribution in [2.24, 2.45) is 0 Å². The number of fused-ring (bicyclic) bond motifs is 2. The normalized spacial score (nSPS) is 18.0. The number of carbonyl (C=O) groups excluding carboxylic acids is 3. The molecule has 0 spiro atoms. The molecule has 3 rings (SSSR count). The van der Waals surface area contributed by atoms with Crippen molar-refractivity contribution in [1.29, 1.82) is 0 Å². The zero-order valence-corrected chi connectivity index (χ0v) is 18.1. The Bertz CT molecular complexity index is 722. The zero-order chi connectivity index (χ0) is 21.5. The molecule has 4 amide bonds. The van der Waals surface area contributed by atoms with E-state index in [1.165, 1.54) is 4.90 Å². The van der Waals surface area contributed by atoms with E-state index in [9.17, 15) is 14.4 Å². The SMILES string of the molecule is CC(C)OCCCNC(=O)CCCCCN1C(=O)C2Cc3ccccc3CN2C1=O. The smallest absolute Gasteiger partial charge is 0.327 e. The van der Waals surface area contributed by atoms with Crippen LogP contribution < -0.4 is 5.32 Å². The van der Waals surface area contributed by atoms with Gasteiger partial charge in [-0.05, 0) is 44.2 Å². The summed E-state index contributed by atoms with van der Waals surface area (Å²) in [5, 5.41) is 2.90. The molecule has 30 heavy (non-hydrogen) atoms. The number of imide groups is 1. The van der Waals surface area contributed by atoms with Crippen LogP contribution in [0.15, 0.2) is 24.3 Å². The Morgan fingerprint density at radius 3 is 2.67 bits per heavy atom. The molecule has 1 N–H and O–H groups in total. The third-order valence-corrected chi connectivity index (χ3v) is 5.66. The van der Waals surface area contributed by atoms with Crippen LogP contribution in [0.2, 0.25) is 0 Å². The molecule has 2 aliphatic heterocycles. The molecule has 0 bridgehead atoms. The van der Waals surface area contributed by atoms with Gasteiger partial charge in [-0.2, -0.15) is 0 Å². The Morgan fingerprint density at radius 1 is 1.13 bits per heavy atom. The Kier molecular flexibility index (Phi) is 7.85. The molecule has 0 saturated carbocycles. The van der Waals surface area contributed by atoms with E-state index in [0.29, 0.717) is 39.1 Å². The van der Waals surface area contributed by atoms with Crippen molar-refractivity contribution in [1.82, 2.24) is 15.1 Å². The standard InChI is InChI=1S/C23H33N3O4/c1-17(2)30-14-8-12-24-21(27)11-4-3-7-13-25-22(28)20-15-18-9-5-6-10-19(18)16-26(20)23(25)29/h5-6,9-10,17,20H,3-4,7-8,11-16H2,1-2H3,(H,24,27). The molecule has 2 aliphatic rings. The predicted octanol–water partition coefficient (Wildman–Crippen LogP) is 2.87. The lowest BCUT2D eigenvalue weighted by Crippen LogP contribution is -2.39. The van der Waals surface area contributed by atoms with Crippen molar-refractivity contribution in [3.63, 3.8) is 0 Å². The van der Waals surface area contributed by atoms with Gasteiger partial charge in [0.15, 0.2) is 0 Å². The first-order valence-electron chi connectivity index (χ1n) is 11.0. The molecule has 1 saturated heterocycles. The molecule has 1 atom stereocenters. The predicted molar refractivity (Wildman–Crippen MR) is 114 cm³/mol. The van der Waals surface area contributed by atoms with Gasteiger partial charge in [-0.25, -0.2) is 4.79 Å². The number of unbranched alkanes of at least 4 members (excludes halogenated alkanes) is 2. The van der Waals surface area contributed by atoms with Crippen LogP contribution in [0.1, 0.15) is 57.1 Å². The van der Waals surface area contributed by atoms with Gasteiger partial charge in [0, 0.05) is 39.1 Å². The van der Waals surface area contributed by atoms with Crippen LogP contribution in [0.5, 0.6) is 0 Å². The zero-order valence-electron chi connectivity index (χ0n) is 18.1. The fourth-order valence-corrected chi connectivity index (χ4v) is 4.02. The fourth-order valence-electron chi connectivity index (χ4n) is 4.02. The van der Waals surface area contributed by atoms with Gasteiger partial charge in [-0.1, -0.05) is 30.7 Å². The van der Waals surface area contributed by atoms with E-state index in [1.54, 1.807) is 4.90 Å². The second-order valence-electron chi connectivity index (χ2n) is 8.32. The van der Waals surface area contributed by atoms with Crippen LogP contribution in [0.25, 0.3) is 0 Å². The number of benzene rings is 1. The summed E-state index contributed by atoms with van der Waals surface area (Å²) in [6, 6.07) is 7.46. The number of urea groups is 1. The van der Waals surface area contributed by atoms with Gasteiger partial charge in [0.1, 0.15) is 6.04 Å². The van der Waals surface area contributed by atoms with Gasteiger partial charge < -0.3 is 15.0 Å². The van der Waals surface area contributed by atoms with Crippen molar-refractivity contribution in [2.75, 3.05) is 19.7 Å². The highest BCUT2D eigenvalue weighted by Crippen LogP contribution is 2.30. The largest absolute Gasteiger partial charge is 0.379 e. The van der Waals surface area contributed by atoms with Crippen LogP contribution in [-0.2, 0) is 27.3 Å². The summed E-state index contributed by atoms with van der Waals surface area (Å²) < 4.78 is 5.44. The third kappa shape index (κ3) is 5.59. The van der Waals surface area contributed by atoms with Crippen LogP contribution in [0.4, 0.5) is 4.79 Å². The first-order valence-corrected chi connectivity index (χ1v) is 11.0. The second-order valence-corrected chi connectivity index (χ2v) is 8.32. The summed E-state index contributed by atoms with van der Waals surface area (Å²) in [4.78, 5) is 40.4. The van der Waals surface area contributed by atoms with Crippen LogP contribution in [0, 0.1) is 0 Å². The van der Waals surface area contributed by atoms with Crippen molar-refractivity contribution >= 4 is 17.8 Å². The van der Waals surface area contributed by atoms with E-state index >= 15 is 0 Å². The Labute approximate surface area is 178 Å². The molecule has 0 aromatic heterocycles. The highest BCUT2D eigenvalue weighted by atomic mass is 16.5. The molecule has 7 nitrogen and oxygen atoms in total. The van der Waals surface area contributed by atoms with Gasteiger partial charge in [-0.15, -0.1) is 0 Å². The summed E-state index contributed by atoms with van der Waals surface area (Å²) in [6.45, 7) is 6.19. The molecule has 1 aromatic rings. The molecule has 0 aliphatic carbocycles. The molecule has 7 heteroatoms. The summed E-state index contributed by atoms with van der Waals surface area (Å²) in [7, 11) is 0. The van der Waals surface area contributed by atoms with E-state index in [2.05, 4.69) is 5.32 Å². The minimum atomic E-state index is -0.363. The van der Waals surface area contributed by atoms with E-state index in [1.807, 2.05) is 38.1 Å². The number of rotatable bonds is 11. The number of ether oxygens (including phenoxy) is 1. The number of nitrogens with zero attached hydrogens (tertiary/aromatic N) is 2. The van der Waals surface area contributed by atoms with Crippen LogP contribution >= 0.6 is 0 Å². The van der Waals surface area contributed by atoms with Crippen LogP contribution in [-0.4, -0.2) is 59.5 Å². The van der Waals surface area contributed by atoms with Gasteiger partial charge in [0.05, 0.1) is 6.10 Å². The van der Waals surface area contributed by atoms with Gasteiger partial charge in [0.25, 0.3) is 5.91 Å². The highest BCUT2D eigenvalue weighted by Gasteiger charge is 2.46. The molecule has 2 heterocycles. The maximum atomic E-state index is 12.7. The Hall–Kier alpha value is -2.41. The molecule has 1 unspecified atom stereocenters.